The van der Waals surface area contributed by atoms with Crippen molar-refractivity contribution in [3.63, 3.8) is 0 Å². The molecule has 0 aliphatic carbocycles. The lowest BCUT2D eigenvalue weighted by atomic mass is 10.2. The predicted molar refractivity (Wildman–Crippen MR) is 111 cm³/mol. The van der Waals surface area contributed by atoms with Crippen LogP contribution in [0.4, 0.5) is 6.01 Å². The number of aromatic nitrogens is 2. The molecule has 0 aliphatic rings. The Morgan fingerprint density at radius 2 is 1.90 bits per heavy atom. The van der Waals surface area contributed by atoms with E-state index in [9.17, 15) is 9.59 Å². The van der Waals surface area contributed by atoms with Crippen molar-refractivity contribution in [2.75, 3.05) is 19.0 Å². The molecule has 2 aromatic heterocycles. The van der Waals surface area contributed by atoms with Crippen LogP contribution in [-0.2, 0) is 14.3 Å². The van der Waals surface area contributed by atoms with E-state index in [0.29, 0.717) is 17.1 Å². The quantitative estimate of drug-likeness (QED) is 0.356. The van der Waals surface area contributed by atoms with Gasteiger partial charge in [0.25, 0.3) is 5.91 Å². The molecule has 0 aliphatic heterocycles. The number of hydrogen-bond acceptors (Lipinski definition) is 8. The minimum Gasteiger partial charge on any atom is -0.493 e. The van der Waals surface area contributed by atoms with Gasteiger partial charge in [0.1, 0.15) is 5.76 Å². The number of carbonyl (C=O) groups excluding carboxylic acids is 2. The van der Waals surface area contributed by atoms with Gasteiger partial charge in [-0.05, 0) is 30.3 Å². The third kappa shape index (κ3) is 4.78. The summed E-state index contributed by atoms with van der Waals surface area (Å²) in [4.78, 5) is 23.8. The van der Waals surface area contributed by atoms with Gasteiger partial charge < -0.3 is 18.3 Å². The fraction of sp³-hybridized carbons (Fsp3) is 0.0909. The van der Waals surface area contributed by atoms with E-state index in [-0.39, 0.29) is 11.9 Å². The number of ether oxygens (including phenoxy) is 2. The number of furan rings is 1. The van der Waals surface area contributed by atoms with Crippen LogP contribution < -0.4 is 10.1 Å². The number of methoxy groups -OCH3 is 1. The normalized spacial score (nSPS) is 11.0. The summed E-state index contributed by atoms with van der Waals surface area (Å²) in [7, 11) is 1.55. The van der Waals surface area contributed by atoms with Gasteiger partial charge in [0.05, 0.1) is 7.11 Å². The minimum atomic E-state index is -0.710. The Kier molecular flexibility index (Phi) is 5.75. The average molecular weight is 419 g/mol. The molecular weight excluding hydrogens is 402 g/mol. The van der Waals surface area contributed by atoms with E-state index >= 15 is 0 Å². The van der Waals surface area contributed by atoms with Gasteiger partial charge in [-0.25, -0.2) is 4.79 Å². The molecule has 9 heteroatoms. The van der Waals surface area contributed by atoms with E-state index in [1.807, 2.05) is 30.3 Å². The second-order valence-electron chi connectivity index (χ2n) is 6.30. The molecular formula is C22H17N3O6. The van der Waals surface area contributed by atoms with Crippen LogP contribution in [0.1, 0.15) is 5.76 Å². The molecule has 0 atom stereocenters. The van der Waals surface area contributed by atoms with Crippen LogP contribution in [0.15, 0.2) is 69.5 Å². The van der Waals surface area contributed by atoms with Crippen LogP contribution in [0.5, 0.6) is 5.75 Å². The zero-order valence-corrected chi connectivity index (χ0v) is 16.4. The summed E-state index contributed by atoms with van der Waals surface area (Å²) < 4.78 is 21.2. The lowest BCUT2D eigenvalue weighted by molar-refractivity contribution is -0.142. The van der Waals surface area contributed by atoms with Crippen LogP contribution in [0.3, 0.4) is 0 Å². The highest BCUT2D eigenvalue weighted by Gasteiger charge is 2.13. The number of esters is 1. The van der Waals surface area contributed by atoms with Gasteiger partial charge in [-0.1, -0.05) is 35.4 Å². The maximum absolute atomic E-state index is 12.0. The third-order valence-electron chi connectivity index (χ3n) is 4.17. The van der Waals surface area contributed by atoms with E-state index in [4.69, 9.17) is 18.3 Å². The molecule has 0 saturated carbocycles. The lowest BCUT2D eigenvalue weighted by Gasteiger charge is -2.01. The van der Waals surface area contributed by atoms with E-state index in [0.717, 1.165) is 17.0 Å². The number of benzene rings is 2. The van der Waals surface area contributed by atoms with E-state index in [1.165, 1.54) is 6.08 Å². The van der Waals surface area contributed by atoms with Gasteiger partial charge >= 0.3 is 12.0 Å². The number of hydrogen-bond donors (Lipinski definition) is 1. The lowest BCUT2D eigenvalue weighted by Crippen LogP contribution is -2.20. The summed E-state index contributed by atoms with van der Waals surface area (Å²) in [5.41, 5.74) is 1.29. The molecule has 2 heterocycles. The molecule has 0 saturated heterocycles. The van der Waals surface area contributed by atoms with E-state index < -0.39 is 18.5 Å². The summed E-state index contributed by atoms with van der Waals surface area (Å²) in [5.74, 6) is -0.0251. The number of rotatable bonds is 7. The van der Waals surface area contributed by atoms with Crippen molar-refractivity contribution in [2.45, 2.75) is 0 Å². The maximum atomic E-state index is 12.0. The first-order chi connectivity index (χ1) is 15.1. The summed E-state index contributed by atoms with van der Waals surface area (Å²) in [6.45, 7) is -0.514. The predicted octanol–water partition coefficient (Wildman–Crippen LogP) is 3.69. The van der Waals surface area contributed by atoms with Crippen LogP contribution >= 0.6 is 0 Å². The molecule has 9 nitrogen and oxygen atoms in total. The van der Waals surface area contributed by atoms with Crippen molar-refractivity contribution in [1.29, 1.82) is 0 Å². The molecule has 0 radical (unpaired) electrons. The first-order valence-electron chi connectivity index (χ1n) is 9.22. The third-order valence-corrected chi connectivity index (χ3v) is 4.17. The van der Waals surface area contributed by atoms with Crippen molar-refractivity contribution < 1.29 is 27.9 Å². The van der Waals surface area contributed by atoms with Crippen LogP contribution in [0.2, 0.25) is 0 Å². The Hall–Kier alpha value is -4.40. The van der Waals surface area contributed by atoms with E-state index in [2.05, 4.69) is 15.5 Å². The highest BCUT2D eigenvalue weighted by Crippen LogP contribution is 2.28. The molecule has 1 amide bonds. The largest absolute Gasteiger partial charge is 0.493 e. The number of para-hydroxylation sites is 1. The van der Waals surface area contributed by atoms with Crippen molar-refractivity contribution in [3.05, 3.63) is 66.4 Å². The number of nitrogens with one attached hydrogen (secondary N) is 1. The van der Waals surface area contributed by atoms with Gasteiger partial charge in [0.15, 0.2) is 17.9 Å². The molecule has 4 rings (SSSR count). The van der Waals surface area contributed by atoms with Crippen molar-refractivity contribution in [2.24, 2.45) is 0 Å². The van der Waals surface area contributed by atoms with Crippen molar-refractivity contribution in [3.8, 4) is 17.2 Å². The molecule has 0 fully saturated rings. The number of amides is 1. The summed E-state index contributed by atoms with van der Waals surface area (Å²) >= 11 is 0. The Labute approximate surface area is 176 Å². The van der Waals surface area contributed by atoms with Crippen molar-refractivity contribution >= 4 is 34.9 Å². The molecule has 4 aromatic rings. The van der Waals surface area contributed by atoms with Gasteiger partial charge in [0, 0.05) is 17.0 Å². The summed E-state index contributed by atoms with van der Waals surface area (Å²) in [6.07, 6.45) is 2.61. The molecule has 0 bridgehead atoms. The Bertz CT molecular complexity index is 1240. The van der Waals surface area contributed by atoms with Crippen LogP contribution in [0.25, 0.3) is 28.5 Å². The molecule has 0 spiro atoms. The Balaban J connectivity index is 1.30. The highest BCUT2D eigenvalue weighted by atomic mass is 16.5. The average Bonchev–Trinajstić information content (AvgIpc) is 3.43. The molecule has 0 unspecified atom stereocenters. The number of fused-ring (bicyclic) bond motifs is 1. The fourth-order valence-electron chi connectivity index (χ4n) is 2.76. The fourth-order valence-corrected chi connectivity index (χ4v) is 2.76. The van der Waals surface area contributed by atoms with Gasteiger partial charge in [0.2, 0.25) is 5.89 Å². The van der Waals surface area contributed by atoms with E-state index in [1.54, 1.807) is 31.4 Å². The molecule has 31 heavy (non-hydrogen) atoms. The van der Waals surface area contributed by atoms with Crippen molar-refractivity contribution in [1.82, 2.24) is 10.2 Å². The zero-order valence-electron chi connectivity index (χ0n) is 16.4. The smallest absolute Gasteiger partial charge is 0.331 e. The summed E-state index contributed by atoms with van der Waals surface area (Å²) in [6, 6.07) is 16.2. The molecule has 1 N–H and O–H groups in total. The number of nitrogens with zero attached hydrogens (tertiary/aromatic N) is 2. The second-order valence-corrected chi connectivity index (χ2v) is 6.30. The highest BCUT2D eigenvalue weighted by molar-refractivity contribution is 5.93. The van der Waals surface area contributed by atoms with Gasteiger partial charge in [-0.15, -0.1) is 5.10 Å². The van der Waals surface area contributed by atoms with Crippen LogP contribution in [0, 0.1) is 0 Å². The molecule has 156 valence electrons. The first kappa shape index (κ1) is 19.9. The SMILES string of the molecule is COc1cccc2cc(C=CC(=O)OCC(=O)Nc3nnc(-c4ccccc4)o3)oc12. The second kappa shape index (κ2) is 8.95. The van der Waals surface area contributed by atoms with Crippen LogP contribution in [-0.4, -0.2) is 35.8 Å². The summed E-state index contributed by atoms with van der Waals surface area (Å²) in [5, 5.41) is 10.8. The zero-order chi connectivity index (χ0) is 21.6. The number of carbonyl (C=O) groups is 2. The Morgan fingerprint density at radius 1 is 1.06 bits per heavy atom. The van der Waals surface area contributed by atoms with Gasteiger partial charge in [-0.2, -0.15) is 0 Å². The first-order valence-corrected chi connectivity index (χ1v) is 9.22. The minimum absolute atomic E-state index is 0.0910. The van der Waals surface area contributed by atoms with Gasteiger partial charge in [-0.3, -0.25) is 10.1 Å². The monoisotopic (exact) mass is 419 g/mol. The maximum Gasteiger partial charge on any atom is 0.331 e. The Morgan fingerprint density at radius 3 is 2.71 bits per heavy atom. The topological polar surface area (TPSA) is 117 Å². The standard InChI is InChI=1S/C22H17N3O6/c1-28-17-9-5-8-15-12-16(30-20(15)17)10-11-19(27)29-13-18(26)23-22-25-24-21(31-22)14-6-3-2-4-7-14/h2-12H,13H2,1H3,(H,23,25,26). The number of anilines is 1. The molecule has 2 aromatic carbocycles.